The van der Waals surface area contributed by atoms with E-state index in [0.29, 0.717) is 30.3 Å². The number of carboxylic acid groups (broad SMARTS) is 2. The Morgan fingerprint density at radius 1 is 1.15 bits per heavy atom. The van der Waals surface area contributed by atoms with Gasteiger partial charge >= 0.3 is 59.1 Å². The molecule has 1 aromatic heterocycles. The largest absolute Gasteiger partial charge is 1.00 e. The van der Waals surface area contributed by atoms with Crippen LogP contribution in [0.25, 0.3) is 0 Å². The number of carboxylic acids is 2. The fourth-order valence-corrected chi connectivity index (χ4v) is 2.89. The van der Waals surface area contributed by atoms with Crippen molar-refractivity contribution in [2.24, 2.45) is 4.99 Å². The van der Waals surface area contributed by atoms with Crippen molar-refractivity contribution in [3.05, 3.63) is 40.2 Å². The van der Waals surface area contributed by atoms with Gasteiger partial charge in [-0.25, -0.2) is 4.99 Å². The molecule has 3 rings (SSSR count). The molecule has 0 unspecified atom stereocenters. The van der Waals surface area contributed by atoms with Crippen molar-refractivity contribution in [3.8, 4) is 0 Å². The molecule has 1 amide bonds. The van der Waals surface area contributed by atoms with Crippen molar-refractivity contribution >= 4 is 46.7 Å². The Kier molecular flexibility index (Phi) is 11.7. The van der Waals surface area contributed by atoms with Crippen LogP contribution in [0.4, 0.5) is 23.1 Å². The number of rotatable bonds is 9. The molecule has 0 saturated heterocycles. The maximum atomic E-state index is 12.2. The first-order valence-electron chi connectivity index (χ1n) is 9.48. The van der Waals surface area contributed by atoms with E-state index in [9.17, 15) is 29.4 Å². The number of hydrogen-bond donors (Lipinski definition) is 5. The molecule has 0 bridgehead atoms. The molecule has 0 spiro atoms. The number of carbonyl (C=O) groups is 3. The van der Waals surface area contributed by atoms with Crippen molar-refractivity contribution < 1.29 is 83.7 Å². The van der Waals surface area contributed by atoms with Crippen LogP contribution in [0.3, 0.4) is 0 Å². The quantitative estimate of drug-likeness (QED) is 0.210. The predicted octanol–water partition coefficient (Wildman–Crippen LogP) is -8.65. The monoisotopic (exact) mass is 487 g/mol. The maximum Gasteiger partial charge on any atom is 1.00 e. The van der Waals surface area contributed by atoms with Crippen LogP contribution in [0.5, 0.6) is 0 Å². The number of aliphatic carboxylic acids is 2. The summed E-state index contributed by atoms with van der Waals surface area (Å²) in [6.45, 7) is 0.657. The average Bonchev–Trinajstić information content (AvgIpc) is 2.75. The number of nitrogens with zero attached hydrogens (tertiary/aromatic N) is 2. The smallest absolute Gasteiger partial charge is 0.550 e. The van der Waals surface area contributed by atoms with Gasteiger partial charge in [0.15, 0.2) is 11.5 Å². The average molecular weight is 487 g/mol. The number of aliphatic imine (C=N–C) groups is 1. The summed E-state index contributed by atoms with van der Waals surface area (Å²) >= 11 is 0. The number of anilines is 3. The molecule has 0 aliphatic carbocycles. The van der Waals surface area contributed by atoms with Gasteiger partial charge in [0.05, 0.1) is 30.8 Å². The number of fused-ring (bicyclic) bond motifs is 1. The number of aromatic amines is 1. The molecule has 15 heteroatoms. The van der Waals surface area contributed by atoms with Gasteiger partial charge in [-0.05, 0) is 37.1 Å². The maximum absolute atomic E-state index is 12.2. The van der Waals surface area contributed by atoms with E-state index in [1.165, 1.54) is 12.1 Å². The summed E-state index contributed by atoms with van der Waals surface area (Å²) in [6.07, 6.45) is -0.874. The number of amides is 1. The number of nitrogen functional groups attached to an aromatic ring is 1. The Balaban J connectivity index is 0.00000289. The molecule has 1 aliphatic heterocycles. The minimum atomic E-state index is -1.59. The molecule has 1 aliphatic rings. The summed E-state index contributed by atoms with van der Waals surface area (Å²) in [5.41, 5.74) is 6.64. The van der Waals surface area contributed by atoms with E-state index in [4.69, 9.17) is 5.73 Å². The Morgan fingerprint density at radius 2 is 1.82 bits per heavy atom. The van der Waals surface area contributed by atoms with Gasteiger partial charge in [-0.1, -0.05) is 0 Å². The van der Waals surface area contributed by atoms with E-state index in [2.05, 4.69) is 30.9 Å². The molecule has 168 valence electrons. The van der Waals surface area contributed by atoms with E-state index >= 15 is 0 Å². The fourth-order valence-electron chi connectivity index (χ4n) is 2.89. The molecule has 13 nitrogen and oxygen atoms in total. The third-order valence-electron chi connectivity index (χ3n) is 4.51. The van der Waals surface area contributed by atoms with Crippen LogP contribution in [-0.4, -0.2) is 52.7 Å². The number of nitrogens with one attached hydrogen (secondary N) is 4. The predicted molar refractivity (Wildman–Crippen MR) is 110 cm³/mol. The first-order valence-corrected chi connectivity index (χ1v) is 9.48. The van der Waals surface area contributed by atoms with Gasteiger partial charge in [-0.15, -0.1) is 0 Å². The van der Waals surface area contributed by atoms with E-state index in [1.54, 1.807) is 12.1 Å². The molecule has 1 atom stereocenters. The van der Waals surface area contributed by atoms with Crippen LogP contribution in [-0.2, 0) is 9.59 Å². The van der Waals surface area contributed by atoms with E-state index < -0.39 is 35.9 Å². The normalized spacial score (nSPS) is 12.4. The second-order valence-electron chi connectivity index (χ2n) is 6.87. The number of benzene rings is 1. The summed E-state index contributed by atoms with van der Waals surface area (Å²) < 4.78 is 0. The van der Waals surface area contributed by atoms with Crippen LogP contribution in [0.2, 0.25) is 0 Å². The first kappa shape index (κ1) is 29.6. The van der Waals surface area contributed by atoms with Gasteiger partial charge in [0.25, 0.3) is 11.5 Å². The zero-order valence-corrected chi connectivity index (χ0v) is 22.6. The van der Waals surface area contributed by atoms with Gasteiger partial charge in [-0.3, -0.25) is 14.6 Å². The Bertz CT molecular complexity index is 1140. The van der Waals surface area contributed by atoms with Gasteiger partial charge < -0.3 is 41.5 Å². The molecule has 1 aromatic carbocycles. The van der Waals surface area contributed by atoms with E-state index in [1.807, 2.05) is 0 Å². The van der Waals surface area contributed by atoms with Crippen molar-refractivity contribution in [1.82, 2.24) is 15.3 Å². The fraction of sp³-hybridized carbons (Fsp3) is 0.263. The molecule has 34 heavy (non-hydrogen) atoms. The summed E-state index contributed by atoms with van der Waals surface area (Å²) in [6, 6.07) is 4.69. The van der Waals surface area contributed by atoms with Crippen LogP contribution in [0.1, 0.15) is 23.2 Å². The minimum Gasteiger partial charge on any atom is -0.550 e. The number of aromatic nitrogens is 2. The molecular weight excluding hydrogens is 468 g/mol. The summed E-state index contributed by atoms with van der Waals surface area (Å²) in [4.78, 5) is 56.4. The second-order valence-corrected chi connectivity index (χ2v) is 6.87. The van der Waals surface area contributed by atoms with E-state index in [0.717, 1.165) is 0 Å². The second kappa shape index (κ2) is 13.5. The third-order valence-corrected chi connectivity index (χ3v) is 4.51. The topological polar surface area (TPSA) is 218 Å². The van der Waals surface area contributed by atoms with Crippen molar-refractivity contribution in [2.45, 2.75) is 18.9 Å². The van der Waals surface area contributed by atoms with Gasteiger partial charge in [0.2, 0.25) is 5.95 Å². The van der Waals surface area contributed by atoms with Gasteiger partial charge in [-0.2, -0.15) is 4.98 Å². The van der Waals surface area contributed by atoms with E-state index in [-0.39, 0.29) is 82.7 Å². The zero-order valence-electron chi connectivity index (χ0n) is 18.6. The molecule has 0 radical (unpaired) electrons. The third kappa shape index (κ3) is 8.11. The Morgan fingerprint density at radius 3 is 2.44 bits per heavy atom. The molecule has 2 heterocycles. The number of carbonyl (C=O) groups excluding carboxylic acids is 3. The van der Waals surface area contributed by atoms with Crippen LogP contribution >= 0.6 is 0 Å². The molecule has 6 N–H and O–H groups in total. The molecular formula is C19H19N7Na2O6. The number of nitrogens with two attached hydrogens (primary N) is 1. The Hall–Kier alpha value is -2.42. The number of H-pyrrole nitrogens is 1. The van der Waals surface area contributed by atoms with Gasteiger partial charge in [0, 0.05) is 17.2 Å². The molecule has 0 saturated carbocycles. The summed E-state index contributed by atoms with van der Waals surface area (Å²) in [7, 11) is 0. The number of hydrogen-bond acceptors (Lipinski definition) is 11. The molecule has 2 aromatic rings. The SMILES string of the molecule is Nc1nc2c(c(=O)[nH]1)N=C(CNc1ccc(C(=O)N[C@@H](CCC(=O)[O-])C(=O)[O-])cc1)CN2.[Na+].[Na+]. The van der Waals surface area contributed by atoms with Gasteiger partial charge in [0.1, 0.15) is 0 Å². The van der Waals surface area contributed by atoms with Crippen LogP contribution < -0.4 is 96.6 Å². The summed E-state index contributed by atoms with van der Waals surface area (Å²) in [5.74, 6) is -3.40. The zero-order chi connectivity index (χ0) is 23.3. The summed E-state index contributed by atoms with van der Waals surface area (Å²) in [5, 5.41) is 29.9. The molecule has 0 fully saturated rings. The van der Waals surface area contributed by atoms with Crippen LogP contribution in [0.15, 0.2) is 34.1 Å². The minimum absolute atomic E-state index is 0. The van der Waals surface area contributed by atoms with Crippen molar-refractivity contribution in [3.63, 3.8) is 0 Å². The first-order chi connectivity index (χ1) is 15.2. The standard InChI is InChI=1S/C19H21N7O6.2Na/c20-19-25-15-14(17(30)26-19)23-11(8-22-15)7-21-10-3-1-9(2-4-10)16(29)24-12(18(31)32)5-6-13(27)28;;/h1-4,12,21H,5-8H2,(H,24,29)(H,27,28)(H,31,32)(H4,20,22,25,26,30);;/q;2*+1/p-2/t12-;;/m0../s1. The van der Waals surface area contributed by atoms with Crippen molar-refractivity contribution in [1.29, 1.82) is 0 Å². The Labute approximate surface area is 237 Å². The van der Waals surface area contributed by atoms with Crippen molar-refractivity contribution in [2.75, 3.05) is 29.5 Å². The van der Waals surface area contributed by atoms with Crippen LogP contribution in [0, 0.1) is 0 Å².